The smallest absolute Gasteiger partial charge is 0.282 e. The summed E-state index contributed by atoms with van der Waals surface area (Å²) >= 11 is 6.29. The van der Waals surface area contributed by atoms with Crippen LogP contribution < -0.4 is 4.90 Å². The molecule has 2 unspecified atom stereocenters. The summed E-state index contributed by atoms with van der Waals surface area (Å²) in [6.45, 7) is 7.79. The molecule has 1 fully saturated rings. The van der Waals surface area contributed by atoms with Crippen molar-refractivity contribution in [3.63, 3.8) is 0 Å². The van der Waals surface area contributed by atoms with Crippen molar-refractivity contribution in [3.05, 3.63) is 70.4 Å². The summed E-state index contributed by atoms with van der Waals surface area (Å²) in [6, 6.07) is 14.8. The molecule has 2 aromatic carbocycles. The monoisotopic (exact) mass is 408 g/mol. The van der Waals surface area contributed by atoms with Crippen molar-refractivity contribution in [2.45, 2.75) is 27.2 Å². The molecule has 4 nitrogen and oxygen atoms in total. The van der Waals surface area contributed by atoms with Gasteiger partial charge < -0.3 is 4.90 Å². The Morgan fingerprint density at radius 3 is 2.21 bits per heavy atom. The number of carbonyl (C=O) groups excluding carboxylic acids is 2. The number of halogens is 1. The first-order valence-electron chi connectivity index (χ1n) is 10.1. The highest BCUT2D eigenvalue weighted by Gasteiger charge is 2.44. The van der Waals surface area contributed by atoms with Crippen molar-refractivity contribution in [1.29, 1.82) is 0 Å². The van der Waals surface area contributed by atoms with Gasteiger partial charge in [-0.05, 0) is 48.4 Å². The van der Waals surface area contributed by atoms with Crippen LogP contribution in [-0.2, 0) is 9.59 Å². The molecule has 1 saturated heterocycles. The molecule has 2 heterocycles. The lowest BCUT2D eigenvalue weighted by Gasteiger charge is -2.37. The van der Waals surface area contributed by atoms with E-state index in [4.69, 9.17) is 11.6 Å². The normalized spacial score (nSPS) is 22.6. The van der Waals surface area contributed by atoms with E-state index in [0.717, 1.165) is 30.6 Å². The van der Waals surface area contributed by atoms with Crippen LogP contribution in [0.3, 0.4) is 0 Å². The minimum atomic E-state index is -0.285. The molecule has 0 N–H and O–H groups in total. The van der Waals surface area contributed by atoms with Crippen LogP contribution in [0.1, 0.15) is 31.4 Å². The molecule has 0 aromatic heterocycles. The summed E-state index contributed by atoms with van der Waals surface area (Å²) in [6.07, 6.45) is 1.13. The van der Waals surface area contributed by atoms with Crippen LogP contribution in [0.4, 0.5) is 5.69 Å². The van der Waals surface area contributed by atoms with Crippen LogP contribution >= 0.6 is 11.6 Å². The minimum absolute atomic E-state index is 0.263. The summed E-state index contributed by atoms with van der Waals surface area (Å²) in [5.41, 5.74) is 3.04. The molecule has 0 radical (unpaired) electrons. The second-order valence-electron chi connectivity index (χ2n) is 8.27. The van der Waals surface area contributed by atoms with Gasteiger partial charge in [0.1, 0.15) is 5.70 Å². The van der Waals surface area contributed by atoms with Gasteiger partial charge in [0.15, 0.2) is 0 Å². The zero-order valence-electron chi connectivity index (χ0n) is 17.0. The van der Waals surface area contributed by atoms with Gasteiger partial charge in [0, 0.05) is 18.1 Å². The minimum Gasteiger partial charge on any atom is -0.366 e. The maximum atomic E-state index is 13.6. The first-order chi connectivity index (χ1) is 13.9. The average molecular weight is 409 g/mol. The zero-order valence-corrected chi connectivity index (χ0v) is 17.7. The molecule has 2 aliphatic rings. The molecule has 4 rings (SSSR count). The molecule has 150 valence electrons. The van der Waals surface area contributed by atoms with Gasteiger partial charge in [-0.1, -0.05) is 61.8 Å². The molecular formula is C24H25ClN2O2. The molecule has 2 amide bonds. The second-order valence-corrected chi connectivity index (χ2v) is 8.68. The van der Waals surface area contributed by atoms with Crippen molar-refractivity contribution in [1.82, 2.24) is 4.90 Å². The molecule has 0 saturated carbocycles. The number of nitrogens with zero attached hydrogens (tertiary/aromatic N) is 2. The second kappa shape index (κ2) is 7.68. The third kappa shape index (κ3) is 3.46. The lowest BCUT2D eigenvalue weighted by molar-refractivity contribution is -0.120. The van der Waals surface area contributed by atoms with Crippen molar-refractivity contribution in [3.8, 4) is 0 Å². The Morgan fingerprint density at radius 1 is 0.897 bits per heavy atom. The Morgan fingerprint density at radius 2 is 1.55 bits per heavy atom. The maximum absolute atomic E-state index is 13.6. The van der Waals surface area contributed by atoms with Gasteiger partial charge in [-0.15, -0.1) is 0 Å². The number of benzene rings is 2. The Balaban J connectivity index is 1.86. The van der Waals surface area contributed by atoms with Crippen molar-refractivity contribution >= 4 is 34.7 Å². The number of hydrogen-bond acceptors (Lipinski definition) is 3. The highest BCUT2D eigenvalue weighted by molar-refractivity contribution is 6.46. The summed E-state index contributed by atoms with van der Waals surface area (Å²) in [7, 11) is 0. The van der Waals surface area contributed by atoms with Gasteiger partial charge >= 0.3 is 0 Å². The standard InChI is InChI=1S/C24H25ClN2O2/c1-15-12-16(2)14-26(13-15)22-21(18-8-5-4-6-9-18)23(28)27(24(22)29)20-11-7-10-19(25)17(20)3/h4-11,15-16H,12-14H2,1-3H3. The highest BCUT2D eigenvalue weighted by atomic mass is 35.5. The van der Waals surface area contributed by atoms with Crippen molar-refractivity contribution in [2.75, 3.05) is 18.0 Å². The molecule has 5 heteroatoms. The number of carbonyl (C=O) groups is 2. The van der Waals surface area contributed by atoms with E-state index in [1.54, 1.807) is 18.2 Å². The molecule has 0 spiro atoms. The van der Waals surface area contributed by atoms with Crippen LogP contribution in [0.15, 0.2) is 54.2 Å². The van der Waals surface area contributed by atoms with Crippen LogP contribution in [0.5, 0.6) is 0 Å². The molecule has 0 bridgehead atoms. The quantitative estimate of drug-likeness (QED) is 0.677. The Bertz CT molecular complexity index is 989. The van der Waals surface area contributed by atoms with Gasteiger partial charge in [-0.3, -0.25) is 9.59 Å². The van der Waals surface area contributed by atoms with Crippen LogP contribution in [-0.4, -0.2) is 29.8 Å². The van der Waals surface area contributed by atoms with E-state index < -0.39 is 0 Å². The van der Waals surface area contributed by atoms with Gasteiger partial charge in [0.05, 0.1) is 11.3 Å². The molecule has 0 aliphatic carbocycles. The van der Waals surface area contributed by atoms with Gasteiger partial charge in [0.2, 0.25) is 0 Å². The fraction of sp³-hybridized carbons (Fsp3) is 0.333. The Labute approximate surface area is 176 Å². The largest absolute Gasteiger partial charge is 0.366 e. The van der Waals surface area contributed by atoms with Crippen molar-refractivity contribution < 1.29 is 9.59 Å². The molecule has 29 heavy (non-hydrogen) atoms. The molecule has 2 aliphatic heterocycles. The lowest BCUT2D eigenvalue weighted by Crippen LogP contribution is -2.42. The predicted molar refractivity (Wildman–Crippen MR) is 117 cm³/mol. The number of rotatable bonds is 3. The molecule has 2 aromatic rings. The summed E-state index contributed by atoms with van der Waals surface area (Å²) < 4.78 is 0. The third-order valence-corrected chi connectivity index (χ3v) is 6.20. The number of hydrogen-bond donors (Lipinski definition) is 0. The van der Waals surface area contributed by atoms with E-state index in [1.165, 1.54) is 4.90 Å². The molecule has 2 atom stereocenters. The van der Waals surface area contributed by atoms with E-state index >= 15 is 0 Å². The Hall–Kier alpha value is -2.59. The van der Waals surface area contributed by atoms with E-state index in [2.05, 4.69) is 18.7 Å². The van der Waals surface area contributed by atoms with Crippen molar-refractivity contribution in [2.24, 2.45) is 11.8 Å². The van der Waals surface area contributed by atoms with E-state index in [0.29, 0.717) is 33.8 Å². The summed E-state index contributed by atoms with van der Waals surface area (Å²) in [5, 5.41) is 0.540. The third-order valence-electron chi connectivity index (χ3n) is 5.79. The number of anilines is 1. The molecular weight excluding hydrogens is 384 g/mol. The van der Waals surface area contributed by atoms with E-state index in [1.807, 2.05) is 37.3 Å². The average Bonchev–Trinajstić information content (AvgIpc) is 2.94. The number of piperidine rings is 1. The number of likely N-dealkylation sites (tertiary alicyclic amines) is 1. The van der Waals surface area contributed by atoms with E-state index in [-0.39, 0.29) is 11.8 Å². The zero-order chi connectivity index (χ0) is 20.7. The summed E-state index contributed by atoms with van der Waals surface area (Å²) in [4.78, 5) is 30.6. The lowest BCUT2D eigenvalue weighted by atomic mass is 9.91. The fourth-order valence-corrected chi connectivity index (χ4v) is 4.75. The van der Waals surface area contributed by atoms with Gasteiger partial charge in [-0.25, -0.2) is 4.90 Å². The topological polar surface area (TPSA) is 40.6 Å². The predicted octanol–water partition coefficient (Wildman–Crippen LogP) is 4.91. The van der Waals surface area contributed by atoms with E-state index in [9.17, 15) is 9.59 Å². The SMILES string of the molecule is Cc1c(Cl)cccc1N1C(=O)C(c2ccccc2)=C(N2CC(C)CC(C)C2)C1=O. The van der Waals surface area contributed by atoms with Crippen LogP contribution in [0.2, 0.25) is 5.02 Å². The van der Waals surface area contributed by atoms with Crippen LogP contribution in [0, 0.1) is 18.8 Å². The Kier molecular flexibility index (Phi) is 5.22. The summed E-state index contributed by atoms with van der Waals surface area (Å²) in [5.74, 6) is 0.384. The fourth-order valence-electron chi connectivity index (χ4n) is 4.58. The number of imide groups is 1. The van der Waals surface area contributed by atoms with Crippen LogP contribution in [0.25, 0.3) is 5.57 Å². The maximum Gasteiger partial charge on any atom is 0.282 e. The first kappa shape index (κ1) is 19.7. The first-order valence-corrected chi connectivity index (χ1v) is 10.4. The van der Waals surface area contributed by atoms with Gasteiger partial charge in [-0.2, -0.15) is 0 Å². The van der Waals surface area contributed by atoms with Gasteiger partial charge in [0.25, 0.3) is 11.8 Å². The highest BCUT2D eigenvalue weighted by Crippen LogP contribution is 2.39. The number of amides is 2.